The quantitative estimate of drug-likeness (QED) is 0.222. The van der Waals surface area contributed by atoms with Crippen LogP contribution in [-0.4, -0.2) is 26.8 Å². The number of nitrogens with zero attached hydrogens (tertiary/aromatic N) is 3. The van der Waals surface area contributed by atoms with Gasteiger partial charge in [-0.1, -0.05) is 60.2 Å². The van der Waals surface area contributed by atoms with E-state index in [4.69, 9.17) is 9.40 Å². The minimum Gasteiger partial charge on any atom is -0.503 e. The second-order valence-corrected chi connectivity index (χ2v) is 12.1. The molecule has 1 unspecified atom stereocenters. The van der Waals surface area contributed by atoms with Crippen molar-refractivity contribution in [3.05, 3.63) is 99.7 Å². The first-order valence-electron chi connectivity index (χ1n) is 11.9. The van der Waals surface area contributed by atoms with Crippen LogP contribution in [0.1, 0.15) is 48.6 Å². The summed E-state index contributed by atoms with van der Waals surface area (Å²) in [4.78, 5) is 37.8. The summed E-state index contributed by atoms with van der Waals surface area (Å²) in [6.07, 6.45) is 1.59. The number of aliphatic hydroxyl groups is 1. The van der Waals surface area contributed by atoms with E-state index in [9.17, 15) is 14.7 Å². The van der Waals surface area contributed by atoms with Crippen LogP contribution in [0.5, 0.6) is 0 Å². The molecule has 1 N–H and O–H groups in total. The van der Waals surface area contributed by atoms with Gasteiger partial charge in [0.1, 0.15) is 11.6 Å². The van der Waals surface area contributed by atoms with Gasteiger partial charge >= 0.3 is 0 Å². The number of aliphatic hydroxyl groups excluding tert-OH is 1. The summed E-state index contributed by atoms with van der Waals surface area (Å²) in [5.74, 6) is -1.91. The van der Waals surface area contributed by atoms with E-state index in [0.29, 0.717) is 16.4 Å². The monoisotopic (exact) mass is 587 g/mol. The third-order valence-corrected chi connectivity index (χ3v) is 8.08. The Bertz CT molecular complexity index is 1780. The molecule has 0 saturated heterocycles. The van der Waals surface area contributed by atoms with Crippen LogP contribution in [0.2, 0.25) is 0 Å². The average molecular weight is 588 g/mol. The molecule has 38 heavy (non-hydrogen) atoms. The number of benzene rings is 2. The SMILES string of the molecule is CC(C)(C)c1ccc2nc(N3C(=O)C(O)=C(C(=O)c4cc5cc(Br)ccc5o4)C3c3ccccn3)sc2c1. The van der Waals surface area contributed by atoms with E-state index in [1.807, 2.05) is 24.3 Å². The predicted octanol–water partition coefficient (Wildman–Crippen LogP) is 7.28. The van der Waals surface area contributed by atoms with E-state index >= 15 is 0 Å². The van der Waals surface area contributed by atoms with Crippen LogP contribution < -0.4 is 4.90 Å². The number of Topliss-reactive ketones (excluding diaryl/α,β-unsaturated/α-hetero) is 1. The molecule has 0 fully saturated rings. The van der Waals surface area contributed by atoms with Crippen molar-refractivity contribution in [1.29, 1.82) is 0 Å². The largest absolute Gasteiger partial charge is 0.503 e. The maximum Gasteiger partial charge on any atom is 0.296 e. The number of carbonyl (C=O) groups is 2. The minimum atomic E-state index is -0.973. The minimum absolute atomic E-state index is 0.0225. The molecule has 0 radical (unpaired) electrons. The highest BCUT2D eigenvalue weighted by Crippen LogP contribution is 2.44. The van der Waals surface area contributed by atoms with Crippen molar-refractivity contribution in [3.63, 3.8) is 0 Å². The molecule has 4 heterocycles. The van der Waals surface area contributed by atoms with Crippen molar-refractivity contribution in [2.75, 3.05) is 4.90 Å². The van der Waals surface area contributed by atoms with Crippen LogP contribution in [-0.2, 0) is 10.2 Å². The van der Waals surface area contributed by atoms with Crippen LogP contribution in [0.4, 0.5) is 5.13 Å². The lowest BCUT2D eigenvalue weighted by atomic mass is 9.87. The Morgan fingerprint density at radius 3 is 2.66 bits per heavy atom. The van der Waals surface area contributed by atoms with Crippen LogP contribution in [0.3, 0.4) is 0 Å². The highest BCUT2D eigenvalue weighted by atomic mass is 79.9. The van der Waals surface area contributed by atoms with Crippen molar-refractivity contribution >= 4 is 65.3 Å². The third-order valence-electron chi connectivity index (χ3n) is 6.57. The third kappa shape index (κ3) is 4.02. The molecule has 1 aliphatic heterocycles. The van der Waals surface area contributed by atoms with Gasteiger partial charge < -0.3 is 9.52 Å². The number of pyridine rings is 1. The van der Waals surface area contributed by atoms with Crippen LogP contribution in [0.25, 0.3) is 21.2 Å². The molecule has 2 aromatic carbocycles. The number of furan rings is 1. The van der Waals surface area contributed by atoms with Gasteiger partial charge in [-0.2, -0.15) is 0 Å². The lowest BCUT2D eigenvalue weighted by Crippen LogP contribution is -2.31. The highest BCUT2D eigenvalue weighted by Gasteiger charge is 2.47. The number of rotatable bonds is 4. The smallest absolute Gasteiger partial charge is 0.296 e. The van der Waals surface area contributed by atoms with Gasteiger partial charge in [0, 0.05) is 16.1 Å². The number of carbonyl (C=O) groups excluding carboxylic acids is 2. The Balaban J connectivity index is 1.48. The molecule has 3 aromatic heterocycles. The molecule has 5 aromatic rings. The number of halogens is 1. The van der Waals surface area contributed by atoms with Gasteiger partial charge in [0.2, 0.25) is 5.78 Å². The average Bonchev–Trinajstić information content (AvgIpc) is 3.57. The first-order valence-corrected chi connectivity index (χ1v) is 13.6. The lowest BCUT2D eigenvalue weighted by molar-refractivity contribution is -0.117. The second kappa shape index (κ2) is 8.89. The number of anilines is 1. The zero-order valence-electron chi connectivity index (χ0n) is 20.7. The molecule has 0 aliphatic carbocycles. The number of amides is 1. The first kappa shape index (κ1) is 24.5. The standard InChI is InChI=1S/C29H22BrN3O4S/c1-29(2,3)16-7-9-18-22(14-16)38-28(32-18)33-24(19-6-4-5-11-31-19)23(26(35)27(33)36)25(34)21-13-15-12-17(30)8-10-20(15)37-21/h4-14,24,35H,1-3H3. The topological polar surface area (TPSA) is 96.5 Å². The number of hydrogen-bond donors (Lipinski definition) is 1. The van der Waals surface area contributed by atoms with Gasteiger partial charge in [-0.3, -0.25) is 19.5 Å². The summed E-state index contributed by atoms with van der Waals surface area (Å²) in [7, 11) is 0. The number of fused-ring (bicyclic) bond motifs is 2. The normalized spacial score (nSPS) is 16.3. The van der Waals surface area contributed by atoms with Crippen molar-refractivity contribution in [1.82, 2.24) is 9.97 Å². The van der Waals surface area contributed by atoms with Crippen molar-refractivity contribution in [2.45, 2.75) is 32.2 Å². The van der Waals surface area contributed by atoms with Gasteiger partial charge in [-0.15, -0.1) is 0 Å². The molecule has 7 nitrogen and oxygen atoms in total. The van der Waals surface area contributed by atoms with E-state index in [2.05, 4.69) is 47.8 Å². The molecular formula is C29H22BrN3O4S. The molecule has 190 valence electrons. The lowest BCUT2D eigenvalue weighted by Gasteiger charge is -2.23. The van der Waals surface area contributed by atoms with Crippen molar-refractivity contribution in [2.24, 2.45) is 0 Å². The van der Waals surface area contributed by atoms with Crippen LogP contribution >= 0.6 is 27.3 Å². The first-order chi connectivity index (χ1) is 18.1. The van der Waals surface area contributed by atoms with Crippen molar-refractivity contribution in [3.8, 4) is 0 Å². The van der Waals surface area contributed by atoms with Gasteiger partial charge in [-0.05, 0) is 59.5 Å². The molecule has 0 spiro atoms. The Morgan fingerprint density at radius 2 is 1.92 bits per heavy atom. The summed E-state index contributed by atoms with van der Waals surface area (Å²) >= 11 is 4.76. The molecule has 1 aliphatic rings. The van der Waals surface area contributed by atoms with Gasteiger partial charge in [0.05, 0.1) is 21.5 Å². The molecular weight excluding hydrogens is 566 g/mol. The Hall–Kier alpha value is -3.82. The summed E-state index contributed by atoms with van der Waals surface area (Å²) < 4.78 is 7.56. The van der Waals surface area contributed by atoms with E-state index in [1.54, 1.807) is 36.5 Å². The predicted molar refractivity (Wildman–Crippen MR) is 151 cm³/mol. The fraction of sp³-hybridized carbons (Fsp3) is 0.172. The molecule has 9 heteroatoms. The second-order valence-electron chi connectivity index (χ2n) is 10.1. The Kier molecular flexibility index (Phi) is 5.73. The van der Waals surface area contributed by atoms with Crippen LogP contribution in [0, 0.1) is 0 Å². The summed E-state index contributed by atoms with van der Waals surface area (Å²) in [6, 6.07) is 17.3. The number of hydrogen-bond acceptors (Lipinski definition) is 7. The Morgan fingerprint density at radius 1 is 1.11 bits per heavy atom. The Labute approximate surface area is 230 Å². The summed E-state index contributed by atoms with van der Waals surface area (Å²) in [5, 5.41) is 12.2. The van der Waals surface area contributed by atoms with Crippen LogP contribution in [0.15, 0.2) is 87.1 Å². The maximum absolute atomic E-state index is 13.8. The van der Waals surface area contributed by atoms with E-state index in [-0.39, 0.29) is 16.7 Å². The van der Waals surface area contributed by atoms with Gasteiger partial charge in [0.15, 0.2) is 16.7 Å². The molecule has 6 rings (SSSR count). The molecule has 1 amide bonds. The molecule has 1 atom stereocenters. The molecule has 0 bridgehead atoms. The summed E-state index contributed by atoms with van der Waals surface area (Å²) in [6.45, 7) is 6.40. The highest BCUT2D eigenvalue weighted by molar-refractivity contribution is 9.10. The fourth-order valence-corrected chi connectivity index (χ4v) is 6.00. The molecule has 0 saturated carbocycles. The van der Waals surface area contributed by atoms with Crippen molar-refractivity contribution < 1.29 is 19.1 Å². The zero-order chi connectivity index (χ0) is 26.8. The van der Waals surface area contributed by atoms with Gasteiger partial charge in [-0.25, -0.2) is 4.98 Å². The van der Waals surface area contributed by atoms with E-state index in [1.165, 1.54) is 16.2 Å². The summed E-state index contributed by atoms with van der Waals surface area (Å²) in [5.41, 5.74) is 2.67. The fourth-order valence-electron chi connectivity index (χ4n) is 4.59. The number of ketones is 1. The zero-order valence-corrected chi connectivity index (χ0v) is 23.1. The maximum atomic E-state index is 13.8. The van der Waals surface area contributed by atoms with E-state index in [0.717, 1.165) is 25.6 Å². The van der Waals surface area contributed by atoms with E-state index < -0.39 is 23.5 Å². The number of thiazole rings is 1. The number of aromatic nitrogens is 2. The van der Waals surface area contributed by atoms with Gasteiger partial charge in [0.25, 0.3) is 5.91 Å².